The minimum absolute atomic E-state index is 0.152. The fourth-order valence-corrected chi connectivity index (χ4v) is 3.01. The third kappa shape index (κ3) is 5.84. The average Bonchev–Trinajstić information content (AvgIpc) is 2.78. The van der Waals surface area contributed by atoms with Crippen molar-refractivity contribution in [2.24, 2.45) is 0 Å². The summed E-state index contributed by atoms with van der Waals surface area (Å²) in [5, 5.41) is 12.2. The van der Waals surface area contributed by atoms with Crippen LogP contribution in [0.5, 0.6) is 11.5 Å². The van der Waals surface area contributed by atoms with Gasteiger partial charge in [-0.15, -0.1) is 0 Å². The van der Waals surface area contributed by atoms with Crippen LogP contribution in [0, 0.1) is 17.1 Å². The molecule has 1 N–H and O–H groups in total. The highest BCUT2D eigenvalue weighted by atomic mass is 35.5. The Kier molecular flexibility index (Phi) is 7.26. The largest absolute Gasteiger partial charge is 0.493 e. The topological polar surface area (TPSA) is 71.3 Å². The summed E-state index contributed by atoms with van der Waals surface area (Å²) in [5.74, 6) is -0.329. The highest BCUT2D eigenvalue weighted by Crippen LogP contribution is 2.37. The molecule has 3 rings (SSSR count). The maximum absolute atomic E-state index is 13.0. The highest BCUT2D eigenvalue weighted by molar-refractivity contribution is 6.32. The van der Waals surface area contributed by atoms with Gasteiger partial charge in [0.05, 0.1) is 12.1 Å². The molecule has 5 nitrogen and oxygen atoms in total. The normalized spacial score (nSPS) is 10.8. The van der Waals surface area contributed by atoms with Gasteiger partial charge in [-0.2, -0.15) is 5.26 Å². The lowest BCUT2D eigenvalue weighted by Gasteiger charge is -2.13. The van der Waals surface area contributed by atoms with Crippen molar-refractivity contribution in [2.75, 3.05) is 12.4 Å². The van der Waals surface area contributed by atoms with E-state index < -0.39 is 11.7 Å². The van der Waals surface area contributed by atoms with Crippen LogP contribution in [0.3, 0.4) is 0 Å². The molecule has 0 aromatic heterocycles. The van der Waals surface area contributed by atoms with E-state index >= 15 is 0 Å². The van der Waals surface area contributed by atoms with Gasteiger partial charge in [-0.05, 0) is 53.6 Å². The molecule has 7 heteroatoms. The zero-order valence-electron chi connectivity index (χ0n) is 16.6. The number of nitrogens with one attached hydrogen (secondary N) is 1. The predicted octanol–water partition coefficient (Wildman–Crippen LogP) is 5.61. The van der Waals surface area contributed by atoms with Crippen molar-refractivity contribution in [1.29, 1.82) is 5.26 Å². The predicted molar refractivity (Wildman–Crippen MR) is 117 cm³/mol. The van der Waals surface area contributed by atoms with E-state index in [1.54, 1.807) is 12.1 Å². The number of benzene rings is 3. The fraction of sp³-hybridized carbons (Fsp3) is 0.0833. The maximum atomic E-state index is 13.0. The molecule has 31 heavy (non-hydrogen) atoms. The van der Waals surface area contributed by atoms with E-state index in [0.29, 0.717) is 29.4 Å². The minimum Gasteiger partial charge on any atom is -0.493 e. The van der Waals surface area contributed by atoms with Crippen molar-refractivity contribution in [3.05, 3.63) is 94.3 Å². The van der Waals surface area contributed by atoms with Gasteiger partial charge >= 0.3 is 0 Å². The second-order valence-corrected chi connectivity index (χ2v) is 6.85. The molecule has 0 saturated heterocycles. The van der Waals surface area contributed by atoms with Gasteiger partial charge in [-0.1, -0.05) is 41.9 Å². The molecule has 0 spiro atoms. The highest BCUT2D eigenvalue weighted by Gasteiger charge is 2.14. The number of nitrogens with zero attached hydrogens (tertiary/aromatic N) is 1. The standard InChI is InChI=1S/C24H18ClFN2O3/c1-30-22-13-17(12-21(25)23(22)31-15-16-5-3-2-4-6-16)11-18(14-27)24(29)28-20-9-7-19(26)8-10-20/h2-13H,15H2,1H3,(H,28,29)/b18-11+. The summed E-state index contributed by atoms with van der Waals surface area (Å²) in [6, 6.07) is 19.9. The van der Waals surface area contributed by atoms with Gasteiger partial charge < -0.3 is 14.8 Å². The molecule has 0 heterocycles. The monoisotopic (exact) mass is 436 g/mol. The first-order valence-corrected chi connectivity index (χ1v) is 9.61. The van der Waals surface area contributed by atoms with Crippen molar-refractivity contribution in [3.8, 4) is 17.6 Å². The van der Waals surface area contributed by atoms with Crippen LogP contribution in [0.15, 0.2) is 72.3 Å². The maximum Gasteiger partial charge on any atom is 0.266 e. The second-order valence-electron chi connectivity index (χ2n) is 6.44. The van der Waals surface area contributed by atoms with E-state index in [1.165, 1.54) is 37.5 Å². The molecule has 1 amide bonds. The van der Waals surface area contributed by atoms with Crippen LogP contribution in [-0.4, -0.2) is 13.0 Å². The summed E-state index contributed by atoms with van der Waals surface area (Å²) < 4.78 is 24.2. The zero-order valence-corrected chi connectivity index (χ0v) is 17.3. The first-order chi connectivity index (χ1) is 15.0. The summed E-state index contributed by atoms with van der Waals surface area (Å²) in [5.41, 5.74) is 1.67. The molecule has 3 aromatic rings. The van der Waals surface area contributed by atoms with Crippen LogP contribution in [0.2, 0.25) is 5.02 Å². The number of amides is 1. The van der Waals surface area contributed by atoms with Crippen molar-refractivity contribution in [2.45, 2.75) is 6.61 Å². The Labute approximate surface area is 184 Å². The number of halogens is 2. The summed E-state index contributed by atoms with van der Waals surface area (Å²) in [7, 11) is 1.47. The third-order valence-electron chi connectivity index (χ3n) is 4.26. The van der Waals surface area contributed by atoms with E-state index in [9.17, 15) is 14.4 Å². The number of hydrogen-bond acceptors (Lipinski definition) is 4. The molecule has 0 aliphatic rings. The van der Waals surface area contributed by atoms with Crippen LogP contribution in [0.25, 0.3) is 6.08 Å². The molecule has 156 valence electrons. The van der Waals surface area contributed by atoms with E-state index in [1.807, 2.05) is 36.4 Å². The van der Waals surface area contributed by atoms with Gasteiger partial charge in [0.1, 0.15) is 24.1 Å². The molecule has 0 bridgehead atoms. The van der Waals surface area contributed by atoms with E-state index in [-0.39, 0.29) is 10.6 Å². The lowest BCUT2D eigenvalue weighted by atomic mass is 10.1. The Morgan fingerprint density at radius 2 is 1.87 bits per heavy atom. The number of hydrogen-bond donors (Lipinski definition) is 1. The molecule has 0 atom stereocenters. The molecular weight excluding hydrogens is 419 g/mol. The number of methoxy groups -OCH3 is 1. The molecule has 0 unspecified atom stereocenters. The smallest absolute Gasteiger partial charge is 0.266 e. The van der Waals surface area contributed by atoms with Crippen molar-refractivity contribution >= 4 is 29.3 Å². The van der Waals surface area contributed by atoms with Gasteiger partial charge in [0.15, 0.2) is 11.5 Å². The van der Waals surface area contributed by atoms with Crippen molar-refractivity contribution < 1.29 is 18.7 Å². The number of anilines is 1. The summed E-state index contributed by atoms with van der Waals surface area (Å²) >= 11 is 6.38. The number of carbonyl (C=O) groups is 1. The van der Waals surface area contributed by atoms with E-state index in [2.05, 4.69) is 5.32 Å². The Balaban J connectivity index is 1.81. The van der Waals surface area contributed by atoms with E-state index in [0.717, 1.165) is 5.56 Å². The number of carbonyl (C=O) groups excluding carboxylic acids is 1. The van der Waals surface area contributed by atoms with Crippen molar-refractivity contribution in [3.63, 3.8) is 0 Å². The molecule has 0 aliphatic heterocycles. The quantitative estimate of drug-likeness (QED) is 0.386. The van der Waals surface area contributed by atoms with Crippen LogP contribution >= 0.6 is 11.6 Å². The van der Waals surface area contributed by atoms with Crippen LogP contribution < -0.4 is 14.8 Å². The van der Waals surface area contributed by atoms with Gasteiger partial charge in [0, 0.05) is 5.69 Å². The molecule has 0 saturated carbocycles. The van der Waals surface area contributed by atoms with Gasteiger partial charge in [-0.3, -0.25) is 4.79 Å². The Morgan fingerprint density at radius 3 is 2.52 bits per heavy atom. The minimum atomic E-state index is -0.631. The molecular formula is C24H18ClFN2O3. The Bertz CT molecular complexity index is 1140. The first kappa shape index (κ1) is 21.9. The number of nitriles is 1. The van der Waals surface area contributed by atoms with Crippen LogP contribution in [-0.2, 0) is 11.4 Å². The van der Waals surface area contributed by atoms with E-state index in [4.69, 9.17) is 21.1 Å². The molecule has 3 aromatic carbocycles. The number of rotatable bonds is 7. The summed E-state index contributed by atoms with van der Waals surface area (Å²) in [6.07, 6.45) is 1.38. The summed E-state index contributed by atoms with van der Waals surface area (Å²) in [4.78, 5) is 12.4. The first-order valence-electron chi connectivity index (χ1n) is 9.23. The third-order valence-corrected chi connectivity index (χ3v) is 4.54. The molecule has 0 radical (unpaired) electrons. The molecule has 0 fully saturated rings. The van der Waals surface area contributed by atoms with Gasteiger partial charge in [-0.25, -0.2) is 4.39 Å². The lowest BCUT2D eigenvalue weighted by molar-refractivity contribution is -0.112. The fourth-order valence-electron chi connectivity index (χ4n) is 2.74. The van der Waals surface area contributed by atoms with Crippen molar-refractivity contribution in [1.82, 2.24) is 0 Å². The van der Waals surface area contributed by atoms with Gasteiger partial charge in [0.2, 0.25) is 0 Å². The number of ether oxygens (including phenoxy) is 2. The Morgan fingerprint density at radius 1 is 1.16 bits per heavy atom. The Hall–Kier alpha value is -3.82. The SMILES string of the molecule is COc1cc(/C=C(\C#N)C(=O)Nc2ccc(F)cc2)cc(Cl)c1OCc1ccccc1. The second kappa shape index (κ2) is 10.3. The van der Waals surface area contributed by atoms with Gasteiger partial charge in [0.25, 0.3) is 5.91 Å². The molecule has 0 aliphatic carbocycles. The lowest BCUT2D eigenvalue weighted by Crippen LogP contribution is -2.13. The summed E-state index contributed by atoms with van der Waals surface area (Å²) in [6.45, 7) is 0.301. The average molecular weight is 437 g/mol. The zero-order chi connectivity index (χ0) is 22.2. The van der Waals surface area contributed by atoms with Crippen LogP contribution in [0.4, 0.5) is 10.1 Å². The van der Waals surface area contributed by atoms with Crippen LogP contribution in [0.1, 0.15) is 11.1 Å².